The third-order valence-corrected chi connectivity index (χ3v) is 5.58. The molecule has 0 amide bonds. The Balaban J connectivity index is 1.84. The minimum atomic E-state index is 0.0104. The lowest BCUT2D eigenvalue weighted by Gasteiger charge is -2.23. The monoisotopic (exact) mass is 441 g/mol. The van der Waals surface area contributed by atoms with E-state index >= 15 is 0 Å². The van der Waals surface area contributed by atoms with Crippen LogP contribution < -0.4 is 10.2 Å². The lowest BCUT2D eigenvalue weighted by molar-refractivity contribution is 0.136. The molecule has 0 unspecified atom stereocenters. The number of hydrogen-bond acceptors (Lipinski definition) is 9. The first kappa shape index (κ1) is 22.4. The summed E-state index contributed by atoms with van der Waals surface area (Å²) in [4.78, 5) is 16.3. The zero-order valence-electron chi connectivity index (χ0n) is 18.9. The van der Waals surface area contributed by atoms with E-state index in [-0.39, 0.29) is 12.6 Å². The van der Waals surface area contributed by atoms with E-state index in [9.17, 15) is 5.11 Å². The average Bonchev–Trinajstić information content (AvgIpc) is 3.39. The quantitative estimate of drug-likeness (QED) is 0.458. The van der Waals surface area contributed by atoms with Crippen molar-refractivity contribution in [3.8, 4) is 0 Å². The zero-order chi connectivity index (χ0) is 22.5. The Kier molecular flexibility index (Phi) is 7.13. The molecule has 0 saturated carbocycles. The molecule has 4 heterocycles. The minimum absolute atomic E-state index is 0.0104. The van der Waals surface area contributed by atoms with Crippen LogP contribution in [0.25, 0.3) is 11.0 Å². The van der Waals surface area contributed by atoms with E-state index < -0.39 is 0 Å². The van der Waals surface area contributed by atoms with E-state index in [1.807, 2.05) is 30.7 Å². The molecule has 10 nitrogen and oxygen atoms in total. The van der Waals surface area contributed by atoms with E-state index in [1.54, 1.807) is 13.3 Å². The molecule has 1 saturated heterocycles. The number of methoxy groups -OCH3 is 1. The number of hydrogen-bond donors (Lipinski definition) is 2. The van der Waals surface area contributed by atoms with Crippen LogP contribution in [0, 0.1) is 6.92 Å². The molecule has 0 radical (unpaired) electrons. The molecule has 0 aliphatic carbocycles. The summed E-state index contributed by atoms with van der Waals surface area (Å²) < 4.78 is 12.8. The highest BCUT2D eigenvalue weighted by Crippen LogP contribution is 2.31. The van der Waals surface area contributed by atoms with Crippen molar-refractivity contribution in [1.82, 2.24) is 24.7 Å². The standard InChI is InChI=1S/C22H31N7O3/c1-4-32-11-10-29-20-19(17(27-29)14-31-3)25-22(28-9-5-6-16(28)13-30)26-21(20)24-18-12-15(2)7-8-23-18/h7-8,12,16,30H,4-6,9-11,13-14H2,1-3H3,(H,23,24,25,26)/t16-/m0/s1. The van der Waals surface area contributed by atoms with Crippen molar-refractivity contribution >= 4 is 28.6 Å². The van der Waals surface area contributed by atoms with Crippen molar-refractivity contribution < 1.29 is 14.6 Å². The van der Waals surface area contributed by atoms with Gasteiger partial charge in [0.1, 0.15) is 22.5 Å². The number of nitrogens with one attached hydrogen (secondary N) is 1. The second-order valence-electron chi connectivity index (χ2n) is 7.88. The maximum Gasteiger partial charge on any atom is 0.228 e. The van der Waals surface area contributed by atoms with Gasteiger partial charge in [-0.1, -0.05) is 0 Å². The molecule has 0 bridgehead atoms. The van der Waals surface area contributed by atoms with Gasteiger partial charge in [-0.05, 0) is 44.4 Å². The molecular formula is C22H31N7O3. The van der Waals surface area contributed by atoms with Gasteiger partial charge < -0.3 is 24.8 Å². The smallest absolute Gasteiger partial charge is 0.228 e. The number of fused-ring (bicyclic) bond motifs is 1. The Morgan fingerprint density at radius 1 is 1.31 bits per heavy atom. The van der Waals surface area contributed by atoms with E-state index in [4.69, 9.17) is 24.5 Å². The van der Waals surface area contributed by atoms with E-state index in [0.717, 1.165) is 41.7 Å². The van der Waals surface area contributed by atoms with Crippen LogP contribution in [0.4, 0.5) is 17.6 Å². The first-order chi connectivity index (χ1) is 15.6. The summed E-state index contributed by atoms with van der Waals surface area (Å²) in [6.07, 6.45) is 3.67. The summed E-state index contributed by atoms with van der Waals surface area (Å²) >= 11 is 0. The Labute approximate surface area is 187 Å². The summed E-state index contributed by atoms with van der Waals surface area (Å²) in [5, 5.41) is 18.0. The van der Waals surface area contributed by atoms with Gasteiger partial charge in [-0.15, -0.1) is 0 Å². The van der Waals surface area contributed by atoms with Gasteiger partial charge in [-0.25, -0.2) is 9.97 Å². The Hall–Kier alpha value is -2.82. The van der Waals surface area contributed by atoms with Gasteiger partial charge in [0.25, 0.3) is 0 Å². The number of aromatic nitrogens is 5. The molecule has 10 heteroatoms. The fraction of sp³-hybridized carbons (Fsp3) is 0.545. The van der Waals surface area contributed by atoms with Crippen molar-refractivity contribution in [3.05, 3.63) is 29.6 Å². The summed E-state index contributed by atoms with van der Waals surface area (Å²) in [6, 6.07) is 3.93. The maximum atomic E-state index is 9.84. The number of rotatable bonds is 10. The topological polar surface area (TPSA) is 110 Å². The molecule has 1 aliphatic rings. The van der Waals surface area contributed by atoms with Crippen LogP contribution >= 0.6 is 0 Å². The predicted octanol–water partition coefficient (Wildman–Crippen LogP) is 2.42. The van der Waals surface area contributed by atoms with Gasteiger partial charge in [-0.2, -0.15) is 10.1 Å². The number of aliphatic hydroxyl groups excluding tert-OH is 1. The largest absolute Gasteiger partial charge is 0.394 e. The van der Waals surface area contributed by atoms with Crippen LogP contribution in [-0.2, 0) is 22.6 Å². The number of nitrogens with zero attached hydrogens (tertiary/aromatic N) is 6. The number of pyridine rings is 1. The van der Waals surface area contributed by atoms with E-state index in [0.29, 0.717) is 43.9 Å². The summed E-state index contributed by atoms with van der Waals surface area (Å²) in [6.45, 7) is 6.93. The fourth-order valence-electron chi connectivity index (χ4n) is 4.05. The normalized spacial score (nSPS) is 16.2. The van der Waals surface area contributed by atoms with Gasteiger partial charge in [0.2, 0.25) is 5.95 Å². The molecule has 0 spiro atoms. The maximum absolute atomic E-state index is 9.84. The van der Waals surface area contributed by atoms with Gasteiger partial charge >= 0.3 is 0 Å². The van der Waals surface area contributed by atoms with Gasteiger partial charge in [0, 0.05) is 26.5 Å². The Morgan fingerprint density at radius 2 is 2.19 bits per heavy atom. The second-order valence-corrected chi connectivity index (χ2v) is 7.88. The zero-order valence-corrected chi connectivity index (χ0v) is 18.9. The third-order valence-electron chi connectivity index (χ3n) is 5.58. The number of aliphatic hydroxyl groups is 1. The van der Waals surface area contributed by atoms with Crippen LogP contribution in [0.2, 0.25) is 0 Å². The molecule has 172 valence electrons. The molecule has 3 aromatic rings. The molecule has 32 heavy (non-hydrogen) atoms. The van der Waals surface area contributed by atoms with Crippen molar-refractivity contribution in [2.75, 3.05) is 43.7 Å². The highest BCUT2D eigenvalue weighted by molar-refractivity contribution is 5.90. The molecule has 1 atom stereocenters. The van der Waals surface area contributed by atoms with Crippen molar-refractivity contribution in [1.29, 1.82) is 0 Å². The fourth-order valence-corrected chi connectivity index (χ4v) is 4.05. The van der Waals surface area contributed by atoms with Crippen molar-refractivity contribution in [2.24, 2.45) is 0 Å². The summed E-state index contributed by atoms with van der Waals surface area (Å²) in [5.74, 6) is 1.89. The van der Waals surface area contributed by atoms with Crippen molar-refractivity contribution in [2.45, 2.75) is 45.9 Å². The highest BCUT2D eigenvalue weighted by atomic mass is 16.5. The van der Waals surface area contributed by atoms with E-state index in [1.165, 1.54) is 0 Å². The summed E-state index contributed by atoms with van der Waals surface area (Å²) in [5.41, 5.74) is 3.34. The van der Waals surface area contributed by atoms with Crippen LogP contribution in [-0.4, -0.2) is 69.4 Å². The molecule has 4 rings (SSSR count). The molecule has 3 aromatic heterocycles. The lowest BCUT2D eigenvalue weighted by Crippen LogP contribution is -2.33. The van der Waals surface area contributed by atoms with Gasteiger partial charge in [0.05, 0.1) is 32.4 Å². The molecular weight excluding hydrogens is 410 g/mol. The second kappa shape index (κ2) is 10.2. The Bertz CT molecular complexity index is 1060. The van der Waals surface area contributed by atoms with Crippen LogP contribution in [0.3, 0.4) is 0 Å². The SMILES string of the molecule is CCOCCn1nc(COC)c2nc(N3CCC[C@H]3CO)nc(Nc3cc(C)ccn3)c21. The minimum Gasteiger partial charge on any atom is -0.394 e. The lowest BCUT2D eigenvalue weighted by atomic mass is 10.2. The first-order valence-corrected chi connectivity index (χ1v) is 11.1. The van der Waals surface area contributed by atoms with Crippen LogP contribution in [0.1, 0.15) is 31.0 Å². The summed E-state index contributed by atoms with van der Waals surface area (Å²) in [7, 11) is 1.64. The third kappa shape index (κ3) is 4.67. The number of ether oxygens (including phenoxy) is 2. The Morgan fingerprint density at radius 3 is 2.94 bits per heavy atom. The van der Waals surface area contributed by atoms with Crippen LogP contribution in [0.15, 0.2) is 18.3 Å². The molecule has 1 aliphatic heterocycles. The first-order valence-electron chi connectivity index (χ1n) is 11.1. The van der Waals surface area contributed by atoms with E-state index in [2.05, 4.69) is 15.2 Å². The predicted molar refractivity (Wildman–Crippen MR) is 122 cm³/mol. The molecule has 1 fully saturated rings. The number of anilines is 3. The van der Waals surface area contributed by atoms with Crippen molar-refractivity contribution in [3.63, 3.8) is 0 Å². The number of aryl methyl sites for hydroxylation is 1. The highest BCUT2D eigenvalue weighted by Gasteiger charge is 2.28. The average molecular weight is 442 g/mol. The van der Waals surface area contributed by atoms with Gasteiger partial charge in [0.15, 0.2) is 5.82 Å². The van der Waals surface area contributed by atoms with Crippen LogP contribution in [0.5, 0.6) is 0 Å². The van der Waals surface area contributed by atoms with Gasteiger partial charge in [-0.3, -0.25) is 4.68 Å². The molecule has 2 N–H and O–H groups in total. The molecule has 0 aromatic carbocycles.